The highest BCUT2D eigenvalue weighted by Gasteiger charge is 2.29. The molecule has 1 aliphatic rings. The number of benzene rings is 2. The number of amides is 3. The zero-order valence-corrected chi connectivity index (χ0v) is 17.4. The predicted octanol–water partition coefficient (Wildman–Crippen LogP) is 1.75. The lowest BCUT2D eigenvalue weighted by molar-refractivity contribution is -0.137. The minimum Gasteiger partial charge on any atom is -0.481 e. The molecule has 1 atom stereocenters. The Morgan fingerprint density at radius 3 is 2.16 bits per heavy atom. The Bertz CT molecular complexity index is 977. The van der Waals surface area contributed by atoms with E-state index in [0.29, 0.717) is 0 Å². The monoisotopic (exact) mass is 439 g/mol. The average Bonchev–Trinajstić information content (AvgIpc) is 3.09. The number of primary amides is 1. The van der Waals surface area contributed by atoms with Crippen molar-refractivity contribution in [2.75, 3.05) is 13.2 Å². The third-order valence-electron chi connectivity index (χ3n) is 5.27. The van der Waals surface area contributed by atoms with Crippen LogP contribution in [0.1, 0.15) is 36.3 Å². The fourth-order valence-corrected chi connectivity index (χ4v) is 3.81. The predicted molar refractivity (Wildman–Crippen MR) is 116 cm³/mol. The Kier molecular flexibility index (Phi) is 7.43. The van der Waals surface area contributed by atoms with Crippen molar-refractivity contribution in [2.45, 2.75) is 31.2 Å². The summed E-state index contributed by atoms with van der Waals surface area (Å²) in [7, 11) is 0. The highest BCUT2D eigenvalue weighted by atomic mass is 16.5. The van der Waals surface area contributed by atoms with Gasteiger partial charge in [0.1, 0.15) is 12.6 Å². The molecule has 0 saturated carbocycles. The highest BCUT2D eigenvalue weighted by Crippen LogP contribution is 2.44. The van der Waals surface area contributed by atoms with E-state index < -0.39 is 29.9 Å². The van der Waals surface area contributed by atoms with Crippen LogP contribution in [-0.2, 0) is 19.1 Å². The molecule has 0 aliphatic heterocycles. The summed E-state index contributed by atoms with van der Waals surface area (Å²) in [6.45, 7) is -0.314. The maximum Gasteiger partial charge on any atom is 0.407 e. The van der Waals surface area contributed by atoms with Crippen LogP contribution in [0.15, 0.2) is 48.5 Å². The van der Waals surface area contributed by atoms with Gasteiger partial charge in [-0.25, -0.2) is 4.79 Å². The number of carboxylic acid groups (broad SMARTS) is 1. The van der Waals surface area contributed by atoms with Crippen LogP contribution in [-0.4, -0.2) is 48.2 Å². The minimum absolute atomic E-state index is 0.0705. The Labute approximate surface area is 184 Å². The van der Waals surface area contributed by atoms with Gasteiger partial charge < -0.3 is 26.2 Å². The molecular weight excluding hydrogens is 414 g/mol. The van der Waals surface area contributed by atoms with Gasteiger partial charge in [0.15, 0.2) is 0 Å². The van der Waals surface area contributed by atoms with Crippen LogP contribution in [0.2, 0.25) is 0 Å². The molecule has 3 amide bonds. The molecule has 0 bridgehead atoms. The maximum atomic E-state index is 12.5. The molecular formula is C23H25N3O6. The summed E-state index contributed by atoms with van der Waals surface area (Å²) in [4.78, 5) is 46.4. The van der Waals surface area contributed by atoms with Gasteiger partial charge in [0.2, 0.25) is 11.8 Å². The number of hydrogen-bond donors (Lipinski definition) is 4. The molecule has 3 rings (SSSR count). The Morgan fingerprint density at radius 2 is 1.59 bits per heavy atom. The normalized spacial score (nSPS) is 12.9. The van der Waals surface area contributed by atoms with Crippen LogP contribution in [0.25, 0.3) is 11.1 Å². The minimum atomic E-state index is -1.05. The third kappa shape index (κ3) is 5.63. The summed E-state index contributed by atoms with van der Waals surface area (Å²) in [6.07, 6.45) is -0.734. The number of alkyl carbamates (subject to hydrolysis) is 1. The van der Waals surface area contributed by atoms with E-state index in [1.165, 1.54) is 0 Å². The first kappa shape index (κ1) is 22.8. The van der Waals surface area contributed by atoms with Gasteiger partial charge in [0.05, 0.1) is 6.54 Å². The van der Waals surface area contributed by atoms with Crippen molar-refractivity contribution in [3.05, 3.63) is 59.7 Å². The Balaban J connectivity index is 1.63. The third-order valence-corrected chi connectivity index (χ3v) is 5.27. The summed E-state index contributed by atoms with van der Waals surface area (Å²) in [5.74, 6) is -2.52. The highest BCUT2D eigenvalue weighted by molar-refractivity contribution is 5.89. The van der Waals surface area contributed by atoms with Crippen molar-refractivity contribution in [1.29, 1.82) is 0 Å². The number of rotatable bonds is 10. The molecule has 0 saturated heterocycles. The summed E-state index contributed by atoms with van der Waals surface area (Å²) in [6, 6.07) is 14.8. The number of carbonyl (C=O) groups excluding carboxylic acids is 3. The fraction of sp³-hybridized carbons (Fsp3) is 0.304. The first-order valence-electron chi connectivity index (χ1n) is 10.3. The molecule has 2 aromatic carbocycles. The van der Waals surface area contributed by atoms with Gasteiger partial charge >= 0.3 is 12.1 Å². The number of aliphatic carboxylic acids is 1. The molecule has 0 spiro atoms. The van der Waals surface area contributed by atoms with Gasteiger partial charge in [0.25, 0.3) is 0 Å². The van der Waals surface area contributed by atoms with E-state index >= 15 is 0 Å². The molecule has 0 aromatic heterocycles. The second kappa shape index (κ2) is 10.4. The topological polar surface area (TPSA) is 148 Å². The summed E-state index contributed by atoms with van der Waals surface area (Å²) in [5, 5.41) is 13.6. The zero-order valence-electron chi connectivity index (χ0n) is 17.4. The van der Waals surface area contributed by atoms with Crippen LogP contribution >= 0.6 is 0 Å². The first-order chi connectivity index (χ1) is 15.4. The van der Waals surface area contributed by atoms with Crippen LogP contribution in [0.4, 0.5) is 4.79 Å². The smallest absolute Gasteiger partial charge is 0.407 e. The van der Waals surface area contributed by atoms with Crippen LogP contribution in [0.5, 0.6) is 0 Å². The number of carbonyl (C=O) groups is 4. The fourth-order valence-electron chi connectivity index (χ4n) is 3.81. The molecule has 9 heteroatoms. The van der Waals surface area contributed by atoms with E-state index in [1.54, 1.807) is 0 Å². The van der Waals surface area contributed by atoms with Crippen molar-refractivity contribution < 1.29 is 29.0 Å². The van der Waals surface area contributed by atoms with Crippen LogP contribution < -0.4 is 16.4 Å². The Hall–Kier alpha value is -3.88. The number of ether oxygens (including phenoxy) is 1. The van der Waals surface area contributed by atoms with Gasteiger partial charge in [-0.15, -0.1) is 0 Å². The lowest BCUT2D eigenvalue weighted by Crippen LogP contribution is -2.48. The quantitative estimate of drug-likeness (QED) is 0.443. The van der Waals surface area contributed by atoms with E-state index in [4.69, 9.17) is 15.6 Å². The lowest BCUT2D eigenvalue weighted by Gasteiger charge is -2.19. The van der Waals surface area contributed by atoms with E-state index in [9.17, 15) is 19.2 Å². The second-order valence-electron chi connectivity index (χ2n) is 7.49. The number of nitrogens with two attached hydrogens (primary N) is 1. The molecule has 9 nitrogen and oxygen atoms in total. The molecule has 5 N–H and O–H groups in total. The van der Waals surface area contributed by atoms with Crippen LogP contribution in [0, 0.1) is 0 Å². The van der Waals surface area contributed by atoms with Crippen molar-refractivity contribution >= 4 is 23.9 Å². The van der Waals surface area contributed by atoms with E-state index in [0.717, 1.165) is 22.3 Å². The van der Waals surface area contributed by atoms with Crippen molar-refractivity contribution in [3.8, 4) is 11.1 Å². The number of carboxylic acids is 1. The molecule has 2 aromatic rings. The maximum absolute atomic E-state index is 12.5. The van der Waals surface area contributed by atoms with E-state index in [1.807, 2.05) is 48.5 Å². The standard InChI is InChI=1S/C23H25N3O6/c24-20(27)12-25-22(30)19(10-5-11-21(28)29)26-23(31)32-13-18-16-8-3-1-6-14(16)15-7-2-4-9-17(15)18/h1-4,6-9,18-19H,5,10-13H2,(H2,24,27)(H,25,30)(H,26,31)(H,28,29)/t19-/m0/s1. The SMILES string of the molecule is NC(=O)CNC(=O)[C@H](CCCC(=O)O)NC(=O)OCC1c2ccccc2-c2ccccc21. The summed E-state index contributed by atoms with van der Waals surface area (Å²) >= 11 is 0. The van der Waals surface area contributed by atoms with E-state index in [2.05, 4.69) is 10.6 Å². The number of hydrogen-bond acceptors (Lipinski definition) is 5. The van der Waals surface area contributed by atoms with Gasteiger partial charge in [-0.1, -0.05) is 48.5 Å². The first-order valence-corrected chi connectivity index (χ1v) is 10.3. The summed E-state index contributed by atoms with van der Waals surface area (Å²) in [5.41, 5.74) is 9.33. The van der Waals surface area contributed by atoms with Gasteiger partial charge in [0, 0.05) is 12.3 Å². The van der Waals surface area contributed by atoms with Crippen molar-refractivity contribution in [2.24, 2.45) is 5.73 Å². The van der Waals surface area contributed by atoms with Crippen molar-refractivity contribution in [1.82, 2.24) is 10.6 Å². The van der Waals surface area contributed by atoms with E-state index in [-0.39, 0.29) is 38.3 Å². The number of fused-ring (bicyclic) bond motifs is 3. The number of nitrogens with one attached hydrogen (secondary N) is 2. The largest absolute Gasteiger partial charge is 0.481 e. The molecule has 0 fully saturated rings. The van der Waals surface area contributed by atoms with Gasteiger partial charge in [-0.3, -0.25) is 14.4 Å². The Morgan fingerprint density at radius 1 is 1.00 bits per heavy atom. The molecule has 1 aliphatic carbocycles. The molecule has 168 valence electrons. The zero-order chi connectivity index (χ0) is 23.1. The molecule has 0 radical (unpaired) electrons. The van der Waals surface area contributed by atoms with Gasteiger partial charge in [-0.05, 0) is 35.1 Å². The van der Waals surface area contributed by atoms with Crippen molar-refractivity contribution in [3.63, 3.8) is 0 Å². The molecule has 0 heterocycles. The second-order valence-corrected chi connectivity index (χ2v) is 7.49. The lowest BCUT2D eigenvalue weighted by atomic mass is 9.98. The molecule has 0 unspecified atom stereocenters. The van der Waals surface area contributed by atoms with Gasteiger partial charge in [-0.2, -0.15) is 0 Å². The summed E-state index contributed by atoms with van der Waals surface area (Å²) < 4.78 is 5.44. The average molecular weight is 439 g/mol. The molecule has 32 heavy (non-hydrogen) atoms. The van der Waals surface area contributed by atoms with Crippen LogP contribution in [0.3, 0.4) is 0 Å².